The van der Waals surface area contributed by atoms with Gasteiger partial charge < -0.3 is 4.90 Å². The zero-order valence-corrected chi connectivity index (χ0v) is 17.3. The predicted octanol–water partition coefficient (Wildman–Crippen LogP) is 5.60. The molecule has 0 saturated heterocycles. The summed E-state index contributed by atoms with van der Waals surface area (Å²) < 4.78 is 7.58. The summed E-state index contributed by atoms with van der Waals surface area (Å²) in [4.78, 5) is 11.5. The van der Waals surface area contributed by atoms with Crippen LogP contribution in [0.1, 0.15) is 12.6 Å². The quantitative estimate of drug-likeness (QED) is 0.408. The Labute approximate surface area is 168 Å². The second-order valence-electron chi connectivity index (χ2n) is 5.78. The van der Waals surface area contributed by atoms with Crippen LogP contribution in [0.25, 0.3) is 17.0 Å². The maximum atomic E-state index is 5.96. The molecule has 132 valence electrons. The van der Waals surface area contributed by atoms with E-state index in [1.54, 1.807) is 0 Å². The van der Waals surface area contributed by atoms with Crippen molar-refractivity contribution in [3.63, 3.8) is 0 Å². The molecular weight excluding hydrogens is 434 g/mol. The topological polar surface area (TPSA) is 46.3 Å². The number of aryl methyl sites for hydroxylation is 1. The first-order valence-corrected chi connectivity index (χ1v) is 10.0. The zero-order valence-electron chi connectivity index (χ0n) is 14.1. The van der Waals surface area contributed by atoms with Gasteiger partial charge >= 0.3 is 0 Å². The lowest BCUT2D eigenvalue weighted by Crippen LogP contribution is -2.13. The fourth-order valence-corrected chi connectivity index (χ4v) is 3.92. The average molecular weight is 449 g/mol. The fourth-order valence-electron chi connectivity index (χ4n) is 2.81. The first kappa shape index (κ1) is 17.5. The van der Waals surface area contributed by atoms with Gasteiger partial charge in [-0.1, -0.05) is 18.5 Å². The van der Waals surface area contributed by atoms with Crippen molar-refractivity contribution in [2.45, 2.75) is 13.3 Å². The third kappa shape index (κ3) is 3.11. The third-order valence-electron chi connectivity index (χ3n) is 4.08. The molecule has 0 radical (unpaired) electrons. The molecule has 0 amide bonds. The van der Waals surface area contributed by atoms with E-state index in [0.717, 1.165) is 38.7 Å². The summed E-state index contributed by atoms with van der Waals surface area (Å²) in [7, 11) is 2.00. The molecule has 0 N–H and O–H groups in total. The molecule has 0 fully saturated rings. The molecule has 0 atom stereocenters. The number of pyridine rings is 1. The maximum Gasteiger partial charge on any atom is 0.210 e. The second-order valence-corrected chi connectivity index (χ2v) is 7.86. The minimum atomic E-state index is 0.696. The first-order chi connectivity index (χ1) is 12.6. The molecule has 0 unspecified atom stereocenters. The molecule has 0 aliphatic rings. The van der Waals surface area contributed by atoms with Crippen molar-refractivity contribution < 1.29 is 0 Å². The molecule has 0 saturated carbocycles. The van der Waals surface area contributed by atoms with Gasteiger partial charge in [0.05, 0.1) is 5.69 Å². The van der Waals surface area contributed by atoms with Gasteiger partial charge in [0, 0.05) is 39.8 Å². The molecule has 4 rings (SSSR count). The van der Waals surface area contributed by atoms with Crippen LogP contribution in [0.4, 0.5) is 10.9 Å². The Morgan fingerprint density at radius 3 is 2.65 bits per heavy atom. The maximum absolute atomic E-state index is 5.96. The standard InChI is InChI=1S/C18H15BrClN5S/c1-3-14-17(25-10-12(19)6-9-15(25)21-14)24(2)18-22-16(23-26-18)11-4-7-13(20)8-5-11/h4-10H,3H2,1-2H3. The van der Waals surface area contributed by atoms with E-state index < -0.39 is 0 Å². The van der Waals surface area contributed by atoms with Crippen molar-refractivity contribution in [2.24, 2.45) is 0 Å². The van der Waals surface area contributed by atoms with E-state index in [9.17, 15) is 0 Å². The van der Waals surface area contributed by atoms with Crippen molar-refractivity contribution in [3.8, 4) is 11.4 Å². The summed E-state index contributed by atoms with van der Waals surface area (Å²) >= 11 is 10.9. The summed E-state index contributed by atoms with van der Waals surface area (Å²) in [6.45, 7) is 2.10. The Morgan fingerprint density at radius 1 is 1.15 bits per heavy atom. The van der Waals surface area contributed by atoms with E-state index >= 15 is 0 Å². The summed E-state index contributed by atoms with van der Waals surface area (Å²) in [5.74, 6) is 1.70. The van der Waals surface area contributed by atoms with Gasteiger partial charge in [-0.2, -0.15) is 9.36 Å². The molecule has 3 aromatic heterocycles. The molecule has 0 aliphatic carbocycles. The monoisotopic (exact) mass is 447 g/mol. The predicted molar refractivity (Wildman–Crippen MR) is 111 cm³/mol. The lowest BCUT2D eigenvalue weighted by atomic mass is 10.2. The van der Waals surface area contributed by atoms with Crippen molar-refractivity contribution in [3.05, 3.63) is 57.8 Å². The SMILES string of the molecule is CCc1nc2ccc(Br)cn2c1N(C)c1nc(-c2ccc(Cl)cc2)ns1. The van der Waals surface area contributed by atoms with Crippen LogP contribution in [0.15, 0.2) is 47.1 Å². The zero-order chi connectivity index (χ0) is 18.3. The Kier molecular flexibility index (Phi) is 4.69. The number of anilines is 2. The smallest absolute Gasteiger partial charge is 0.210 e. The van der Waals surface area contributed by atoms with Crippen molar-refractivity contribution in [2.75, 3.05) is 11.9 Å². The Morgan fingerprint density at radius 2 is 1.92 bits per heavy atom. The molecule has 8 heteroatoms. The summed E-state index contributed by atoms with van der Waals surface area (Å²) in [5.41, 5.74) is 2.88. The highest BCUT2D eigenvalue weighted by Gasteiger charge is 2.19. The van der Waals surface area contributed by atoms with Crippen LogP contribution in [0.3, 0.4) is 0 Å². The van der Waals surface area contributed by atoms with Gasteiger partial charge in [-0.3, -0.25) is 4.40 Å². The van der Waals surface area contributed by atoms with Crippen LogP contribution in [0.2, 0.25) is 5.02 Å². The van der Waals surface area contributed by atoms with Gasteiger partial charge in [0.15, 0.2) is 5.82 Å². The van der Waals surface area contributed by atoms with Gasteiger partial charge in [0.1, 0.15) is 11.5 Å². The molecule has 3 heterocycles. The van der Waals surface area contributed by atoms with Crippen molar-refractivity contribution in [1.29, 1.82) is 0 Å². The number of hydrogen-bond acceptors (Lipinski definition) is 5. The Bertz CT molecular complexity index is 1070. The van der Waals surface area contributed by atoms with E-state index in [1.165, 1.54) is 11.5 Å². The minimum absolute atomic E-state index is 0.696. The molecule has 1 aromatic carbocycles. The van der Waals surface area contributed by atoms with Gasteiger partial charge in [0.2, 0.25) is 5.13 Å². The number of halogens is 2. The summed E-state index contributed by atoms with van der Waals surface area (Å²) in [5, 5.41) is 1.51. The Balaban J connectivity index is 1.76. The van der Waals surface area contributed by atoms with Crippen molar-refractivity contribution >= 4 is 55.7 Å². The summed E-state index contributed by atoms with van der Waals surface area (Å²) in [6.07, 6.45) is 2.86. The van der Waals surface area contributed by atoms with Crippen LogP contribution in [0, 0.1) is 0 Å². The van der Waals surface area contributed by atoms with E-state index in [-0.39, 0.29) is 0 Å². The van der Waals surface area contributed by atoms with E-state index in [0.29, 0.717) is 10.8 Å². The second kappa shape index (κ2) is 6.98. The number of imidazole rings is 1. The number of hydrogen-bond donors (Lipinski definition) is 0. The highest BCUT2D eigenvalue weighted by molar-refractivity contribution is 9.10. The van der Waals surface area contributed by atoms with Gasteiger partial charge in [-0.05, 0) is 58.7 Å². The number of rotatable bonds is 4. The fraction of sp³-hybridized carbons (Fsp3) is 0.167. The highest BCUT2D eigenvalue weighted by Crippen LogP contribution is 2.32. The number of benzene rings is 1. The highest BCUT2D eigenvalue weighted by atomic mass is 79.9. The summed E-state index contributed by atoms with van der Waals surface area (Å²) in [6, 6.07) is 11.5. The lowest BCUT2D eigenvalue weighted by Gasteiger charge is -2.16. The number of fused-ring (bicyclic) bond motifs is 1. The van der Waals surface area contributed by atoms with Crippen LogP contribution >= 0.6 is 39.1 Å². The Hall–Kier alpha value is -1.96. The van der Waals surface area contributed by atoms with E-state index in [4.69, 9.17) is 21.6 Å². The van der Waals surface area contributed by atoms with Crippen molar-refractivity contribution in [1.82, 2.24) is 18.7 Å². The molecular formula is C18H15BrClN5S. The number of aromatic nitrogens is 4. The van der Waals surface area contributed by atoms with Crippen LogP contribution in [0.5, 0.6) is 0 Å². The van der Waals surface area contributed by atoms with Gasteiger partial charge in [-0.15, -0.1) is 0 Å². The van der Waals surface area contributed by atoms with Gasteiger partial charge in [0.25, 0.3) is 0 Å². The molecule has 4 aromatic rings. The van der Waals surface area contributed by atoms with Gasteiger partial charge in [-0.25, -0.2) is 4.98 Å². The molecule has 26 heavy (non-hydrogen) atoms. The normalized spacial score (nSPS) is 11.2. The molecule has 0 bridgehead atoms. The minimum Gasteiger partial charge on any atom is -0.304 e. The first-order valence-electron chi connectivity index (χ1n) is 8.06. The molecule has 0 aliphatic heterocycles. The largest absolute Gasteiger partial charge is 0.304 e. The average Bonchev–Trinajstić information content (AvgIpc) is 3.26. The van der Waals surface area contributed by atoms with Crippen LogP contribution < -0.4 is 4.90 Å². The van der Waals surface area contributed by atoms with E-state index in [2.05, 4.69) is 31.6 Å². The van der Waals surface area contributed by atoms with Crippen LogP contribution in [-0.2, 0) is 6.42 Å². The molecule has 0 spiro atoms. The molecule has 5 nitrogen and oxygen atoms in total. The van der Waals surface area contributed by atoms with Crippen LogP contribution in [-0.4, -0.2) is 25.8 Å². The van der Waals surface area contributed by atoms with E-state index in [1.807, 2.05) is 54.5 Å². The number of nitrogens with zero attached hydrogens (tertiary/aromatic N) is 5. The lowest BCUT2D eigenvalue weighted by molar-refractivity contribution is 1.01. The third-order valence-corrected chi connectivity index (χ3v) is 5.60.